The number of thioether (sulfide) groups is 1. The first-order valence-corrected chi connectivity index (χ1v) is 12.0. The maximum absolute atomic E-state index is 13.3. The molecule has 1 fully saturated rings. The van der Waals surface area contributed by atoms with Gasteiger partial charge >= 0.3 is 0 Å². The Morgan fingerprint density at radius 3 is 2.53 bits per heavy atom. The number of aliphatic imine (C=N–C) groups is 1. The molecule has 174 valence electrons. The normalized spacial score (nSPS) is 16.7. The number of hydrogen-bond acceptors (Lipinski definition) is 5. The van der Waals surface area contributed by atoms with Gasteiger partial charge in [0, 0.05) is 17.1 Å². The number of anilines is 1. The summed E-state index contributed by atoms with van der Waals surface area (Å²) in [4.78, 5) is 32.3. The molecule has 1 saturated heterocycles. The highest BCUT2D eigenvalue weighted by Gasteiger charge is 2.39. The summed E-state index contributed by atoms with van der Waals surface area (Å²) in [5, 5.41) is 3.51. The highest BCUT2D eigenvalue weighted by Crippen LogP contribution is 2.33. The molecule has 3 aromatic rings. The number of nitrogens with one attached hydrogen (secondary N) is 1. The molecule has 1 aliphatic heterocycles. The SMILES string of the molecule is COc1ccc(N=C2S[C@@H](CC(=O)Nc3cccc(C)c3)C(=O)N2Cc2ccc(Cl)cc2)cc1. The lowest BCUT2D eigenvalue weighted by molar-refractivity contribution is -0.128. The van der Waals surface area contributed by atoms with Crippen molar-refractivity contribution in [2.24, 2.45) is 4.99 Å². The summed E-state index contributed by atoms with van der Waals surface area (Å²) >= 11 is 7.32. The summed E-state index contributed by atoms with van der Waals surface area (Å²) in [7, 11) is 1.60. The van der Waals surface area contributed by atoms with Crippen molar-refractivity contribution in [1.29, 1.82) is 0 Å². The molecule has 0 spiro atoms. The minimum absolute atomic E-state index is 0.0518. The second kappa shape index (κ2) is 10.8. The molecule has 0 aromatic heterocycles. The van der Waals surface area contributed by atoms with Gasteiger partial charge in [-0.3, -0.25) is 14.5 Å². The molecule has 0 radical (unpaired) electrons. The van der Waals surface area contributed by atoms with Gasteiger partial charge in [0.2, 0.25) is 11.8 Å². The number of aryl methyl sites for hydroxylation is 1. The fourth-order valence-electron chi connectivity index (χ4n) is 3.51. The van der Waals surface area contributed by atoms with Gasteiger partial charge in [0.1, 0.15) is 11.0 Å². The maximum atomic E-state index is 13.3. The van der Waals surface area contributed by atoms with Crippen LogP contribution in [0.3, 0.4) is 0 Å². The van der Waals surface area contributed by atoms with Gasteiger partial charge in [0.15, 0.2) is 5.17 Å². The molecule has 8 heteroatoms. The van der Waals surface area contributed by atoms with Crippen molar-refractivity contribution in [3.63, 3.8) is 0 Å². The van der Waals surface area contributed by atoms with Gasteiger partial charge in [-0.1, -0.05) is 47.6 Å². The second-order valence-electron chi connectivity index (χ2n) is 7.87. The molecule has 6 nitrogen and oxygen atoms in total. The van der Waals surface area contributed by atoms with Crippen molar-refractivity contribution in [2.45, 2.75) is 25.1 Å². The van der Waals surface area contributed by atoms with Gasteiger partial charge in [-0.05, 0) is 66.6 Å². The number of amides is 2. The Kier molecular flexibility index (Phi) is 7.55. The first-order valence-electron chi connectivity index (χ1n) is 10.7. The molecule has 1 aliphatic rings. The molecule has 1 atom stereocenters. The first-order chi connectivity index (χ1) is 16.4. The standard InChI is InChI=1S/C26H24ClN3O3S/c1-17-4-3-5-21(14-17)28-24(31)15-23-25(32)30(16-18-6-8-19(27)9-7-18)26(34-23)29-20-10-12-22(33-2)13-11-20/h3-14,23H,15-16H2,1-2H3,(H,28,31)/t23-/m0/s1. The Morgan fingerprint density at radius 2 is 1.85 bits per heavy atom. The summed E-state index contributed by atoms with van der Waals surface area (Å²) in [5.41, 5.74) is 3.38. The third-order valence-corrected chi connectivity index (χ3v) is 6.67. The summed E-state index contributed by atoms with van der Waals surface area (Å²) in [5.74, 6) is 0.364. The Morgan fingerprint density at radius 1 is 1.12 bits per heavy atom. The molecule has 0 aliphatic carbocycles. The fourth-order valence-corrected chi connectivity index (χ4v) is 4.80. The number of rotatable bonds is 7. The Bertz CT molecular complexity index is 1210. The minimum Gasteiger partial charge on any atom is -0.497 e. The van der Waals surface area contributed by atoms with Gasteiger partial charge in [0.05, 0.1) is 19.3 Å². The second-order valence-corrected chi connectivity index (χ2v) is 9.48. The van der Waals surface area contributed by atoms with Gasteiger partial charge < -0.3 is 10.1 Å². The predicted octanol–water partition coefficient (Wildman–Crippen LogP) is 5.82. The zero-order valence-corrected chi connectivity index (χ0v) is 20.4. The van der Waals surface area contributed by atoms with Crippen molar-refractivity contribution in [2.75, 3.05) is 12.4 Å². The molecule has 3 aromatic carbocycles. The number of hydrogen-bond donors (Lipinski definition) is 1. The average Bonchev–Trinajstić information content (AvgIpc) is 3.09. The van der Waals surface area contributed by atoms with E-state index >= 15 is 0 Å². The van der Waals surface area contributed by atoms with E-state index in [0.29, 0.717) is 28.1 Å². The highest BCUT2D eigenvalue weighted by molar-refractivity contribution is 8.15. The number of carbonyl (C=O) groups excluding carboxylic acids is 2. The van der Waals surface area contributed by atoms with E-state index in [9.17, 15) is 9.59 Å². The van der Waals surface area contributed by atoms with Crippen molar-refractivity contribution in [1.82, 2.24) is 4.90 Å². The quantitative estimate of drug-likeness (QED) is 0.450. The molecule has 0 bridgehead atoms. The number of carbonyl (C=O) groups is 2. The van der Waals surface area contributed by atoms with Gasteiger partial charge in [-0.2, -0.15) is 0 Å². The van der Waals surface area contributed by atoms with Crippen LogP contribution in [0, 0.1) is 6.92 Å². The molecule has 4 rings (SSSR count). The number of amidine groups is 1. The van der Waals surface area contributed by atoms with Crippen LogP contribution in [0.5, 0.6) is 5.75 Å². The molecule has 1 N–H and O–H groups in total. The smallest absolute Gasteiger partial charge is 0.242 e. The minimum atomic E-state index is -0.561. The maximum Gasteiger partial charge on any atom is 0.242 e. The predicted molar refractivity (Wildman–Crippen MR) is 138 cm³/mol. The van der Waals surface area contributed by atoms with Gasteiger partial charge in [-0.15, -0.1) is 0 Å². The lowest BCUT2D eigenvalue weighted by atomic mass is 10.2. The van der Waals surface area contributed by atoms with E-state index in [0.717, 1.165) is 16.9 Å². The van der Waals surface area contributed by atoms with Crippen molar-refractivity contribution < 1.29 is 14.3 Å². The number of methoxy groups -OCH3 is 1. The Labute approximate surface area is 208 Å². The largest absolute Gasteiger partial charge is 0.497 e. The van der Waals surface area contributed by atoms with Crippen LogP contribution in [0.4, 0.5) is 11.4 Å². The van der Waals surface area contributed by atoms with E-state index in [1.807, 2.05) is 67.6 Å². The first kappa shape index (κ1) is 23.9. The molecule has 0 saturated carbocycles. The third-order valence-electron chi connectivity index (χ3n) is 5.24. The Balaban J connectivity index is 1.54. The van der Waals surface area contributed by atoms with E-state index < -0.39 is 5.25 Å². The van der Waals surface area contributed by atoms with Gasteiger partial charge in [0.25, 0.3) is 0 Å². The monoisotopic (exact) mass is 493 g/mol. The van der Waals surface area contributed by atoms with E-state index in [1.165, 1.54) is 11.8 Å². The number of nitrogens with zero attached hydrogens (tertiary/aromatic N) is 2. The van der Waals surface area contributed by atoms with Crippen molar-refractivity contribution in [3.05, 3.63) is 88.9 Å². The number of benzene rings is 3. The third kappa shape index (κ3) is 5.98. The van der Waals surface area contributed by atoms with Crippen LogP contribution in [0.25, 0.3) is 0 Å². The van der Waals surface area contributed by atoms with Crippen LogP contribution < -0.4 is 10.1 Å². The topological polar surface area (TPSA) is 71.0 Å². The van der Waals surface area contributed by atoms with E-state index in [1.54, 1.807) is 24.1 Å². The van der Waals surface area contributed by atoms with Crippen LogP contribution in [0.2, 0.25) is 5.02 Å². The summed E-state index contributed by atoms with van der Waals surface area (Å²) < 4.78 is 5.21. The fraction of sp³-hybridized carbons (Fsp3) is 0.192. The van der Waals surface area contributed by atoms with E-state index in [-0.39, 0.29) is 18.2 Å². The summed E-state index contributed by atoms with van der Waals surface area (Å²) in [6.07, 6.45) is 0.0518. The zero-order valence-electron chi connectivity index (χ0n) is 18.8. The zero-order chi connectivity index (χ0) is 24.1. The lowest BCUT2D eigenvalue weighted by Gasteiger charge is -2.17. The summed E-state index contributed by atoms with van der Waals surface area (Å²) in [6.45, 7) is 2.30. The van der Waals surface area contributed by atoms with E-state index in [4.69, 9.17) is 21.3 Å². The molecular weight excluding hydrogens is 470 g/mol. The average molecular weight is 494 g/mol. The van der Waals surface area contributed by atoms with Gasteiger partial charge in [-0.25, -0.2) is 4.99 Å². The van der Waals surface area contributed by atoms with Crippen LogP contribution in [-0.2, 0) is 16.1 Å². The molecule has 1 heterocycles. The van der Waals surface area contributed by atoms with Crippen LogP contribution >= 0.6 is 23.4 Å². The summed E-state index contributed by atoms with van der Waals surface area (Å²) in [6, 6.07) is 22.2. The Hall–Kier alpha value is -3.29. The van der Waals surface area contributed by atoms with E-state index in [2.05, 4.69) is 5.32 Å². The molecule has 34 heavy (non-hydrogen) atoms. The lowest BCUT2D eigenvalue weighted by Crippen LogP contribution is -2.33. The number of halogens is 1. The van der Waals surface area contributed by atoms with Crippen molar-refractivity contribution >= 4 is 51.7 Å². The van der Waals surface area contributed by atoms with Crippen LogP contribution in [0.15, 0.2) is 77.8 Å². The molecule has 2 amide bonds. The number of ether oxygens (including phenoxy) is 1. The molecule has 0 unspecified atom stereocenters. The molecular formula is C26H24ClN3O3S. The highest BCUT2D eigenvalue weighted by atomic mass is 35.5. The van der Waals surface area contributed by atoms with Crippen LogP contribution in [-0.4, -0.2) is 34.2 Å². The van der Waals surface area contributed by atoms with Crippen LogP contribution in [0.1, 0.15) is 17.5 Å². The van der Waals surface area contributed by atoms with Crippen molar-refractivity contribution in [3.8, 4) is 5.75 Å².